The molecule has 0 atom stereocenters. The van der Waals surface area contributed by atoms with Gasteiger partial charge in [0.1, 0.15) is 6.54 Å². The van der Waals surface area contributed by atoms with Crippen LogP contribution < -0.4 is 20.5 Å². The molecule has 6 heteroatoms. The zero-order valence-electron chi connectivity index (χ0n) is 24.0. The third kappa shape index (κ3) is 12.2. The molecule has 3 N–H and O–H groups in total. The molecule has 0 spiro atoms. The standard InChI is InChI=1S/C34H42N4S2/c1-4-29(19-22-35-5-2)7-8-30-11-15-33(16-12-30)36-23-27-39-40-28-24-37-34-17-13-31(14-18-34)9-10-32-20-25-38(6-3)26-21-32/h4,7-22,25-26,35-36H,5-6,23-24,27-28H2,1-3H3/p+1. The molecule has 0 unspecified atom stereocenters. The Morgan fingerprint density at radius 2 is 1.23 bits per heavy atom. The van der Waals surface area contributed by atoms with Crippen molar-refractivity contribution >= 4 is 51.2 Å². The summed E-state index contributed by atoms with van der Waals surface area (Å²) in [5.41, 5.74) is 7.12. The second kappa shape index (κ2) is 18.9. The third-order valence-corrected chi connectivity index (χ3v) is 8.49. The number of anilines is 2. The lowest BCUT2D eigenvalue weighted by Gasteiger charge is -2.08. The second-order valence-electron chi connectivity index (χ2n) is 9.05. The Labute approximate surface area is 249 Å². The molecule has 0 saturated heterocycles. The van der Waals surface area contributed by atoms with Crippen molar-refractivity contribution in [3.05, 3.63) is 120 Å². The maximum atomic E-state index is 3.52. The van der Waals surface area contributed by atoms with E-state index in [0.29, 0.717) is 0 Å². The second-order valence-corrected chi connectivity index (χ2v) is 11.8. The first-order chi connectivity index (χ1) is 19.7. The topological polar surface area (TPSA) is 40.0 Å². The van der Waals surface area contributed by atoms with Crippen molar-refractivity contribution in [3.63, 3.8) is 0 Å². The minimum absolute atomic E-state index is 0.934. The number of allylic oxidation sites excluding steroid dienone is 4. The van der Waals surface area contributed by atoms with Gasteiger partial charge >= 0.3 is 0 Å². The van der Waals surface area contributed by atoms with Gasteiger partial charge in [-0.05, 0) is 79.6 Å². The Morgan fingerprint density at radius 1 is 0.700 bits per heavy atom. The van der Waals surface area contributed by atoms with E-state index >= 15 is 0 Å². The summed E-state index contributed by atoms with van der Waals surface area (Å²) < 4.78 is 2.16. The lowest BCUT2D eigenvalue weighted by molar-refractivity contribution is -0.693. The highest BCUT2D eigenvalue weighted by Gasteiger charge is 1.97. The monoisotopic (exact) mass is 571 g/mol. The molecular weight excluding hydrogens is 529 g/mol. The fourth-order valence-electron chi connectivity index (χ4n) is 3.71. The van der Waals surface area contributed by atoms with Gasteiger partial charge in [-0.2, -0.15) is 0 Å². The van der Waals surface area contributed by atoms with Crippen LogP contribution in [0.4, 0.5) is 11.4 Å². The van der Waals surface area contributed by atoms with Gasteiger partial charge in [0.15, 0.2) is 12.4 Å². The highest BCUT2D eigenvalue weighted by atomic mass is 33.1. The highest BCUT2D eigenvalue weighted by Crippen LogP contribution is 2.21. The van der Waals surface area contributed by atoms with E-state index < -0.39 is 0 Å². The van der Waals surface area contributed by atoms with Gasteiger partial charge in [0, 0.05) is 54.6 Å². The number of pyridine rings is 1. The molecule has 40 heavy (non-hydrogen) atoms. The molecular formula is C34H43N4S2+. The molecule has 0 aliphatic heterocycles. The summed E-state index contributed by atoms with van der Waals surface area (Å²) in [6.07, 6.45) is 19.0. The van der Waals surface area contributed by atoms with Gasteiger partial charge in [-0.15, -0.1) is 0 Å². The van der Waals surface area contributed by atoms with Crippen LogP contribution in [0.3, 0.4) is 0 Å². The number of aromatic nitrogens is 1. The molecule has 0 radical (unpaired) electrons. The Balaban J connectivity index is 1.26. The van der Waals surface area contributed by atoms with Crippen molar-refractivity contribution in [2.75, 3.05) is 41.8 Å². The number of nitrogens with one attached hydrogen (secondary N) is 3. The zero-order chi connectivity index (χ0) is 28.3. The summed E-state index contributed by atoms with van der Waals surface area (Å²) in [6, 6.07) is 21.5. The van der Waals surface area contributed by atoms with Crippen LogP contribution in [0, 0.1) is 0 Å². The molecule has 1 aromatic heterocycles. The van der Waals surface area contributed by atoms with Crippen LogP contribution in [0.2, 0.25) is 0 Å². The SMILES string of the molecule is CC=C(C=CNCC)C=Cc1ccc(NCCSSCCNc2ccc(C=Cc3cc[n+](CC)cc3)cc2)cc1. The van der Waals surface area contributed by atoms with Gasteiger partial charge in [0.2, 0.25) is 0 Å². The normalized spacial score (nSPS) is 12.0. The van der Waals surface area contributed by atoms with Gasteiger partial charge in [-0.1, -0.05) is 76.2 Å². The first kappa shape index (κ1) is 31.2. The molecule has 1 heterocycles. The van der Waals surface area contributed by atoms with Gasteiger partial charge in [-0.3, -0.25) is 0 Å². The van der Waals surface area contributed by atoms with E-state index in [0.717, 1.165) is 43.4 Å². The minimum atomic E-state index is 0.934. The van der Waals surface area contributed by atoms with Crippen LogP contribution in [0.15, 0.2) is 103 Å². The summed E-state index contributed by atoms with van der Waals surface area (Å²) in [5, 5.41) is 10.2. The van der Waals surface area contributed by atoms with E-state index in [2.05, 4.69) is 151 Å². The Bertz CT molecular complexity index is 1230. The van der Waals surface area contributed by atoms with Crippen molar-refractivity contribution in [3.8, 4) is 0 Å². The maximum absolute atomic E-state index is 3.52. The third-order valence-electron chi connectivity index (χ3n) is 6.08. The predicted octanol–water partition coefficient (Wildman–Crippen LogP) is 8.15. The predicted molar refractivity (Wildman–Crippen MR) is 182 cm³/mol. The van der Waals surface area contributed by atoms with Gasteiger partial charge in [0.05, 0.1) is 0 Å². The summed E-state index contributed by atoms with van der Waals surface area (Å²) in [6.45, 7) is 10.1. The number of hydrogen-bond acceptors (Lipinski definition) is 5. The van der Waals surface area contributed by atoms with Crippen molar-refractivity contribution in [1.29, 1.82) is 0 Å². The number of nitrogens with zero attached hydrogens (tertiary/aromatic N) is 1. The molecule has 0 amide bonds. The van der Waals surface area contributed by atoms with Gasteiger partial charge < -0.3 is 16.0 Å². The summed E-state index contributed by atoms with van der Waals surface area (Å²) in [7, 11) is 3.83. The lowest BCUT2D eigenvalue weighted by atomic mass is 10.1. The maximum Gasteiger partial charge on any atom is 0.169 e. The Morgan fingerprint density at radius 3 is 1.73 bits per heavy atom. The van der Waals surface area contributed by atoms with Crippen LogP contribution in [0.5, 0.6) is 0 Å². The minimum Gasteiger partial charge on any atom is -0.391 e. The van der Waals surface area contributed by atoms with Gasteiger partial charge in [-0.25, -0.2) is 4.57 Å². The highest BCUT2D eigenvalue weighted by molar-refractivity contribution is 8.76. The van der Waals surface area contributed by atoms with Crippen molar-refractivity contribution in [2.24, 2.45) is 0 Å². The fraction of sp³-hybridized carbons (Fsp3) is 0.265. The van der Waals surface area contributed by atoms with E-state index in [1.165, 1.54) is 28.0 Å². The number of hydrogen-bond donors (Lipinski definition) is 3. The first-order valence-corrected chi connectivity index (χ1v) is 16.5. The molecule has 0 fully saturated rings. The Kier molecular flexibility index (Phi) is 14.7. The quantitative estimate of drug-likeness (QED) is 0.0660. The van der Waals surface area contributed by atoms with Crippen molar-refractivity contribution in [2.45, 2.75) is 27.3 Å². The molecule has 0 aliphatic carbocycles. The van der Waals surface area contributed by atoms with Crippen LogP contribution in [-0.2, 0) is 6.54 Å². The molecule has 0 bridgehead atoms. The molecule has 2 aromatic carbocycles. The van der Waals surface area contributed by atoms with Crippen LogP contribution in [0.25, 0.3) is 18.2 Å². The average Bonchev–Trinajstić information content (AvgIpc) is 3.00. The van der Waals surface area contributed by atoms with E-state index in [1.54, 1.807) is 0 Å². The number of aryl methyl sites for hydroxylation is 1. The van der Waals surface area contributed by atoms with Crippen molar-refractivity contribution < 1.29 is 4.57 Å². The fourth-order valence-corrected chi connectivity index (χ4v) is 5.53. The van der Waals surface area contributed by atoms with Crippen LogP contribution >= 0.6 is 21.6 Å². The van der Waals surface area contributed by atoms with E-state index in [1.807, 2.05) is 27.8 Å². The van der Waals surface area contributed by atoms with Gasteiger partial charge in [0.25, 0.3) is 0 Å². The largest absolute Gasteiger partial charge is 0.391 e. The number of rotatable bonds is 17. The van der Waals surface area contributed by atoms with E-state index in [-0.39, 0.29) is 0 Å². The Hall–Kier alpha value is -3.35. The average molecular weight is 572 g/mol. The molecule has 3 rings (SSSR count). The first-order valence-electron chi connectivity index (χ1n) is 14.0. The molecule has 0 aliphatic rings. The van der Waals surface area contributed by atoms with Crippen molar-refractivity contribution in [1.82, 2.24) is 5.32 Å². The smallest absolute Gasteiger partial charge is 0.169 e. The summed E-state index contributed by atoms with van der Waals surface area (Å²) in [5.74, 6) is 2.13. The van der Waals surface area contributed by atoms with E-state index in [4.69, 9.17) is 0 Å². The molecule has 4 nitrogen and oxygen atoms in total. The summed E-state index contributed by atoms with van der Waals surface area (Å²) in [4.78, 5) is 0. The lowest BCUT2D eigenvalue weighted by Crippen LogP contribution is -2.30. The molecule has 0 saturated carbocycles. The number of benzene rings is 2. The molecule has 3 aromatic rings. The van der Waals surface area contributed by atoms with Crippen LogP contribution in [0.1, 0.15) is 37.5 Å². The molecule has 210 valence electrons. The van der Waals surface area contributed by atoms with Crippen LogP contribution in [-0.4, -0.2) is 31.1 Å². The van der Waals surface area contributed by atoms with E-state index in [9.17, 15) is 0 Å². The zero-order valence-corrected chi connectivity index (χ0v) is 25.6. The summed E-state index contributed by atoms with van der Waals surface area (Å²) >= 11 is 0.